The van der Waals surface area contributed by atoms with Gasteiger partial charge in [0.1, 0.15) is 0 Å². The maximum absolute atomic E-state index is 10.5. The van der Waals surface area contributed by atoms with Crippen LogP contribution in [0.5, 0.6) is 0 Å². The van der Waals surface area contributed by atoms with Crippen LogP contribution in [0.3, 0.4) is 0 Å². The van der Waals surface area contributed by atoms with Crippen LogP contribution in [-0.2, 0) is 6.54 Å². The van der Waals surface area contributed by atoms with Crippen molar-refractivity contribution in [3.8, 4) is 0 Å². The average molecular weight is 344 g/mol. The fourth-order valence-corrected chi connectivity index (χ4v) is 3.25. The number of aromatic nitrogens is 2. The maximum Gasteiger partial charge on any atom is 0.229 e. The van der Waals surface area contributed by atoms with E-state index in [-0.39, 0.29) is 5.92 Å². The van der Waals surface area contributed by atoms with Crippen LogP contribution in [0.2, 0.25) is 0 Å². The third kappa shape index (κ3) is 4.66. The van der Waals surface area contributed by atoms with Crippen LogP contribution < -0.4 is 0 Å². The van der Waals surface area contributed by atoms with Gasteiger partial charge in [0.05, 0.1) is 12.6 Å². The van der Waals surface area contributed by atoms with Gasteiger partial charge in [-0.1, -0.05) is 49.3 Å². The summed E-state index contributed by atoms with van der Waals surface area (Å²) in [5, 5.41) is 14.5. The smallest absolute Gasteiger partial charge is 0.229 e. The lowest BCUT2D eigenvalue weighted by Crippen LogP contribution is -2.52. The second-order valence-electron chi connectivity index (χ2n) is 7.21. The lowest BCUT2D eigenvalue weighted by Gasteiger charge is -2.40. The first-order valence-corrected chi connectivity index (χ1v) is 9.05. The van der Waals surface area contributed by atoms with E-state index in [1.807, 2.05) is 30.3 Å². The SMILES string of the molecule is CC(C)c1nc(CN2CCN(C[C@H](O)c3ccccc3)[C@H](C)C2)no1. The molecule has 1 fully saturated rings. The highest BCUT2D eigenvalue weighted by Gasteiger charge is 2.26. The van der Waals surface area contributed by atoms with Gasteiger partial charge in [0.15, 0.2) is 5.82 Å². The summed E-state index contributed by atoms with van der Waals surface area (Å²) in [6.45, 7) is 10.5. The van der Waals surface area contributed by atoms with Crippen molar-refractivity contribution in [2.24, 2.45) is 0 Å². The third-order valence-electron chi connectivity index (χ3n) is 4.78. The molecule has 1 N–H and O–H groups in total. The van der Waals surface area contributed by atoms with Crippen LogP contribution in [0.1, 0.15) is 50.1 Å². The van der Waals surface area contributed by atoms with Crippen molar-refractivity contribution in [1.82, 2.24) is 19.9 Å². The molecule has 0 spiro atoms. The molecule has 2 heterocycles. The normalized spacial score (nSPS) is 20.9. The van der Waals surface area contributed by atoms with Gasteiger partial charge in [0.25, 0.3) is 0 Å². The van der Waals surface area contributed by atoms with Crippen molar-refractivity contribution in [2.75, 3.05) is 26.2 Å². The predicted molar refractivity (Wildman–Crippen MR) is 96.1 cm³/mol. The van der Waals surface area contributed by atoms with E-state index < -0.39 is 6.10 Å². The topological polar surface area (TPSA) is 65.6 Å². The minimum absolute atomic E-state index is 0.261. The second-order valence-corrected chi connectivity index (χ2v) is 7.21. The Labute approximate surface area is 149 Å². The third-order valence-corrected chi connectivity index (χ3v) is 4.78. The van der Waals surface area contributed by atoms with Crippen LogP contribution in [0.15, 0.2) is 34.9 Å². The summed E-state index contributed by atoms with van der Waals surface area (Å²) in [4.78, 5) is 9.17. The van der Waals surface area contributed by atoms with Crippen molar-refractivity contribution in [3.05, 3.63) is 47.6 Å². The van der Waals surface area contributed by atoms with Gasteiger partial charge >= 0.3 is 0 Å². The maximum atomic E-state index is 10.5. The molecule has 1 saturated heterocycles. The van der Waals surface area contributed by atoms with E-state index in [2.05, 4.69) is 40.7 Å². The van der Waals surface area contributed by atoms with E-state index in [1.54, 1.807) is 0 Å². The zero-order valence-electron chi connectivity index (χ0n) is 15.3. The molecule has 25 heavy (non-hydrogen) atoms. The van der Waals surface area contributed by atoms with Gasteiger partial charge in [-0.15, -0.1) is 0 Å². The number of aliphatic hydroxyl groups excluding tert-OH is 1. The van der Waals surface area contributed by atoms with Gasteiger partial charge in [-0.25, -0.2) is 0 Å². The Morgan fingerprint density at radius 1 is 1.24 bits per heavy atom. The number of benzene rings is 1. The van der Waals surface area contributed by atoms with E-state index in [9.17, 15) is 5.11 Å². The van der Waals surface area contributed by atoms with E-state index in [0.717, 1.165) is 37.6 Å². The van der Waals surface area contributed by atoms with Gasteiger partial charge in [-0.2, -0.15) is 4.98 Å². The first-order valence-electron chi connectivity index (χ1n) is 9.05. The summed E-state index contributed by atoms with van der Waals surface area (Å²) in [6, 6.07) is 10.2. The minimum atomic E-state index is -0.444. The van der Waals surface area contributed by atoms with Crippen LogP contribution in [0, 0.1) is 0 Å². The molecule has 0 aliphatic carbocycles. The number of nitrogens with zero attached hydrogens (tertiary/aromatic N) is 4. The Hall–Kier alpha value is -1.76. The summed E-state index contributed by atoms with van der Waals surface area (Å²) in [6.07, 6.45) is -0.444. The lowest BCUT2D eigenvalue weighted by molar-refractivity contribution is 0.0351. The zero-order chi connectivity index (χ0) is 17.8. The fraction of sp³-hybridized carbons (Fsp3) is 0.579. The molecule has 1 aromatic heterocycles. The molecule has 6 heteroatoms. The van der Waals surface area contributed by atoms with E-state index in [1.165, 1.54) is 0 Å². The summed E-state index contributed by atoms with van der Waals surface area (Å²) >= 11 is 0. The molecule has 0 saturated carbocycles. The van der Waals surface area contributed by atoms with Gasteiger partial charge in [0, 0.05) is 38.1 Å². The Morgan fingerprint density at radius 2 is 2.00 bits per heavy atom. The summed E-state index contributed by atoms with van der Waals surface area (Å²) in [5.41, 5.74) is 0.977. The number of hydrogen-bond acceptors (Lipinski definition) is 6. The quantitative estimate of drug-likeness (QED) is 0.868. The molecular formula is C19H28N4O2. The Balaban J connectivity index is 1.51. The molecule has 1 aliphatic heterocycles. The molecule has 2 atom stereocenters. The standard InChI is InChI=1S/C19H28N4O2/c1-14(2)19-20-18(21-25-19)13-22-9-10-23(15(3)11-22)12-17(24)16-7-5-4-6-8-16/h4-8,14-15,17,24H,9-13H2,1-3H3/t15-,17+/m1/s1. The Kier molecular flexibility index (Phi) is 5.83. The van der Waals surface area contributed by atoms with Gasteiger partial charge in [-0.05, 0) is 12.5 Å². The number of piperazine rings is 1. The van der Waals surface area contributed by atoms with Crippen molar-refractivity contribution in [1.29, 1.82) is 0 Å². The van der Waals surface area contributed by atoms with Crippen molar-refractivity contribution >= 4 is 0 Å². The largest absolute Gasteiger partial charge is 0.387 e. The number of hydrogen-bond donors (Lipinski definition) is 1. The van der Waals surface area contributed by atoms with Crippen LogP contribution in [0.4, 0.5) is 0 Å². The average Bonchev–Trinajstić information content (AvgIpc) is 3.07. The van der Waals surface area contributed by atoms with Gasteiger partial charge < -0.3 is 9.63 Å². The highest BCUT2D eigenvalue weighted by atomic mass is 16.5. The van der Waals surface area contributed by atoms with E-state index >= 15 is 0 Å². The monoisotopic (exact) mass is 344 g/mol. The molecule has 0 amide bonds. The second kappa shape index (κ2) is 8.08. The zero-order valence-corrected chi connectivity index (χ0v) is 15.3. The molecule has 2 aromatic rings. The van der Waals surface area contributed by atoms with Crippen LogP contribution >= 0.6 is 0 Å². The molecule has 136 valence electrons. The predicted octanol–water partition coefficient (Wildman–Crippen LogP) is 2.43. The molecule has 0 unspecified atom stereocenters. The summed E-state index contributed by atoms with van der Waals surface area (Å²) in [7, 11) is 0. The van der Waals surface area contributed by atoms with Crippen LogP contribution in [-0.4, -0.2) is 57.3 Å². The molecular weight excluding hydrogens is 316 g/mol. The van der Waals surface area contributed by atoms with Crippen molar-refractivity contribution < 1.29 is 9.63 Å². The highest BCUT2D eigenvalue weighted by Crippen LogP contribution is 2.19. The Morgan fingerprint density at radius 3 is 2.64 bits per heavy atom. The fourth-order valence-electron chi connectivity index (χ4n) is 3.25. The summed E-state index contributed by atoms with van der Waals surface area (Å²) in [5.74, 6) is 1.72. The molecule has 0 radical (unpaired) electrons. The number of aliphatic hydroxyl groups is 1. The molecule has 1 aromatic carbocycles. The molecule has 6 nitrogen and oxygen atoms in total. The number of β-amino-alcohol motifs (C(OH)–C–C–N with tert-alkyl or cyclic N) is 1. The van der Waals surface area contributed by atoms with Crippen molar-refractivity contribution in [2.45, 2.75) is 45.4 Å². The van der Waals surface area contributed by atoms with Gasteiger partial charge in [-0.3, -0.25) is 9.80 Å². The van der Waals surface area contributed by atoms with Crippen LogP contribution in [0.25, 0.3) is 0 Å². The molecule has 0 bridgehead atoms. The summed E-state index contributed by atoms with van der Waals surface area (Å²) < 4.78 is 5.29. The molecule has 3 rings (SSSR count). The van der Waals surface area contributed by atoms with E-state index in [4.69, 9.17) is 4.52 Å². The van der Waals surface area contributed by atoms with Gasteiger partial charge in [0.2, 0.25) is 5.89 Å². The van der Waals surface area contributed by atoms with E-state index in [0.29, 0.717) is 18.5 Å². The van der Waals surface area contributed by atoms with Crippen molar-refractivity contribution in [3.63, 3.8) is 0 Å². The minimum Gasteiger partial charge on any atom is -0.387 e. The Bertz CT molecular complexity index is 658. The highest BCUT2D eigenvalue weighted by molar-refractivity contribution is 5.17. The first-order chi connectivity index (χ1) is 12.0. The number of rotatable bonds is 6. The molecule has 1 aliphatic rings. The lowest BCUT2D eigenvalue weighted by atomic mass is 10.1. The first kappa shape index (κ1) is 18.0.